The van der Waals surface area contributed by atoms with Gasteiger partial charge in [-0.1, -0.05) is 19.8 Å². The molecular weight excluding hydrogens is 228 g/mol. The molecule has 0 aromatic carbocycles. The third-order valence-electron chi connectivity index (χ3n) is 4.08. The first-order chi connectivity index (χ1) is 8.52. The van der Waals surface area contributed by atoms with Crippen LogP contribution >= 0.6 is 0 Å². The van der Waals surface area contributed by atoms with Gasteiger partial charge in [-0.25, -0.2) is 0 Å². The van der Waals surface area contributed by atoms with Gasteiger partial charge in [0.1, 0.15) is 0 Å². The number of carbonyl (C=O) groups excluding carboxylic acids is 1. The first-order valence-corrected chi connectivity index (χ1v) is 7.06. The van der Waals surface area contributed by atoms with E-state index in [-0.39, 0.29) is 17.4 Å². The van der Waals surface area contributed by atoms with Crippen LogP contribution in [0.2, 0.25) is 0 Å². The monoisotopic (exact) mass is 256 g/mol. The first-order valence-electron chi connectivity index (χ1n) is 7.06. The topological polar surface area (TPSA) is 41.6 Å². The van der Waals surface area contributed by atoms with E-state index in [4.69, 9.17) is 4.74 Å². The molecule has 0 spiro atoms. The minimum atomic E-state index is -0.102. The molecule has 106 valence electrons. The van der Waals surface area contributed by atoms with Crippen molar-refractivity contribution in [2.75, 3.05) is 33.8 Å². The molecular formula is C14H28N2O2. The molecule has 0 aliphatic heterocycles. The van der Waals surface area contributed by atoms with E-state index in [1.165, 1.54) is 25.7 Å². The molecule has 1 aliphatic rings. The average molecular weight is 256 g/mol. The Kier molecular flexibility index (Phi) is 6.09. The fraction of sp³-hybridized carbons (Fsp3) is 0.929. The van der Waals surface area contributed by atoms with Crippen molar-refractivity contribution >= 4 is 5.97 Å². The number of esters is 1. The zero-order chi connectivity index (χ0) is 13.6. The largest absolute Gasteiger partial charge is 0.466 e. The van der Waals surface area contributed by atoms with Crippen molar-refractivity contribution in [2.45, 2.75) is 45.1 Å². The van der Waals surface area contributed by atoms with Crippen LogP contribution in [0, 0.1) is 5.92 Å². The lowest BCUT2D eigenvalue weighted by atomic mass is 9.96. The Labute approximate surface area is 111 Å². The second-order valence-corrected chi connectivity index (χ2v) is 5.61. The Morgan fingerprint density at radius 3 is 2.50 bits per heavy atom. The molecule has 0 heterocycles. The van der Waals surface area contributed by atoms with E-state index < -0.39 is 0 Å². The maximum atomic E-state index is 11.5. The molecule has 0 amide bonds. The number of likely N-dealkylation sites (N-methyl/N-ethyl adjacent to an activating group) is 1. The number of hydrogen-bond acceptors (Lipinski definition) is 4. The van der Waals surface area contributed by atoms with Crippen molar-refractivity contribution in [2.24, 2.45) is 5.92 Å². The lowest BCUT2D eigenvalue weighted by molar-refractivity contribution is -0.147. The summed E-state index contributed by atoms with van der Waals surface area (Å²) in [5.41, 5.74) is 0.286. The van der Waals surface area contributed by atoms with Crippen LogP contribution in [0.4, 0.5) is 0 Å². The molecule has 4 heteroatoms. The van der Waals surface area contributed by atoms with Crippen LogP contribution in [0.1, 0.15) is 39.5 Å². The summed E-state index contributed by atoms with van der Waals surface area (Å²) in [6.07, 6.45) is 5.13. The molecule has 1 rings (SSSR count). The first kappa shape index (κ1) is 15.4. The fourth-order valence-electron chi connectivity index (χ4n) is 2.70. The average Bonchev–Trinajstić information content (AvgIpc) is 2.79. The lowest BCUT2D eigenvalue weighted by Crippen LogP contribution is -2.50. The number of carbonyl (C=O) groups is 1. The summed E-state index contributed by atoms with van der Waals surface area (Å²) >= 11 is 0. The molecule has 1 atom stereocenters. The van der Waals surface area contributed by atoms with Gasteiger partial charge in [-0.3, -0.25) is 4.79 Å². The summed E-state index contributed by atoms with van der Waals surface area (Å²) < 4.78 is 5.01. The van der Waals surface area contributed by atoms with Gasteiger partial charge in [0.05, 0.1) is 12.5 Å². The van der Waals surface area contributed by atoms with Crippen molar-refractivity contribution < 1.29 is 9.53 Å². The summed E-state index contributed by atoms with van der Waals surface area (Å²) in [6, 6.07) is 0. The second kappa shape index (κ2) is 7.10. The fourth-order valence-corrected chi connectivity index (χ4v) is 2.70. The van der Waals surface area contributed by atoms with Gasteiger partial charge in [0.2, 0.25) is 0 Å². The van der Waals surface area contributed by atoms with Gasteiger partial charge in [0, 0.05) is 18.6 Å². The van der Waals surface area contributed by atoms with Crippen LogP contribution in [0.15, 0.2) is 0 Å². The zero-order valence-corrected chi connectivity index (χ0v) is 12.3. The minimum Gasteiger partial charge on any atom is -0.466 e. The quantitative estimate of drug-likeness (QED) is 0.703. The van der Waals surface area contributed by atoms with Crippen LogP contribution < -0.4 is 5.32 Å². The van der Waals surface area contributed by atoms with Crippen LogP contribution in [0.5, 0.6) is 0 Å². The smallest absolute Gasteiger partial charge is 0.309 e. The number of nitrogens with one attached hydrogen (secondary N) is 1. The molecule has 0 bridgehead atoms. The Morgan fingerprint density at radius 2 is 2.00 bits per heavy atom. The van der Waals surface area contributed by atoms with Crippen molar-refractivity contribution in [3.63, 3.8) is 0 Å². The predicted octanol–water partition coefficient (Wildman–Crippen LogP) is 1.65. The van der Waals surface area contributed by atoms with Crippen LogP contribution in [-0.4, -0.2) is 50.2 Å². The van der Waals surface area contributed by atoms with Crippen molar-refractivity contribution in [3.8, 4) is 0 Å². The normalized spacial score (nSPS) is 20.1. The molecule has 1 aliphatic carbocycles. The number of hydrogen-bond donors (Lipinski definition) is 1. The van der Waals surface area contributed by atoms with Gasteiger partial charge in [0.25, 0.3) is 0 Å². The number of rotatable bonds is 7. The van der Waals surface area contributed by atoms with Crippen LogP contribution in [0.3, 0.4) is 0 Å². The molecule has 4 nitrogen and oxygen atoms in total. The highest BCUT2D eigenvalue weighted by atomic mass is 16.5. The molecule has 1 fully saturated rings. The van der Waals surface area contributed by atoms with E-state index in [0.29, 0.717) is 13.2 Å². The van der Waals surface area contributed by atoms with Crippen LogP contribution in [-0.2, 0) is 9.53 Å². The minimum absolute atomic E-state index is 0.0643. The molecule has 0 radical (unpaired) electrons. The van der Waals surface area contributed by atoms with Crippen molar-refractivity contribution in [1.82, 2.24) is 10.2 Å². The van der Waals surface area contributed by atoms with Gasteiger partial charge in [-0.15, -0.1) is 0 Å². The summed E-state index contributed by atoms with van der Waals surface area (Å²) in [4.78, 5) is 13.8. The van der Waals surface area contributed by atoms with E-state index in [1.807, 2.05) is 13.8 Å². The number of nitrogens with zero attached hydrogens (tertiary/aromatic N) is 1. The highest BCUT2D eigenvalue weighted by Gasteiger charge is 2.35. The Bertz CT molecular complexity index is 261. The highest BCUT2D eigenvalue weighted by Crippen LogP contribution is 2.33. The standard InChI is InChI=1S/C14H28N2O2/c1-5-18-13(17)12(2)10-15-11-14(16(3)4)8-6-7-9-14/h12,15H,5-11H2,1-4H3. The molecule has 1 N–H and O–H groups in total. The summed E-state index contributed by atoms with van der Waals surface area (Å²) in [6.45, 7) is 5.89. The maximum Gasteiger partial charge on any atom is 0.309 e. The highest BCUT2D eigenvalue weighted by molar-refractivity contribution is 5.72. The van der Waals surface area contributed by atoms with Gasteiger partial charge in [-0.05, 0) is 33.9 Å². The summed E-state index contributed by atoms with van der Waals surface area (Å²) in [5.74, 6) is -0.166. The van der Waals surface area contributed by atoms with Gasteiger partial charge < -0.3 is 15.0 Å². The predicted molar refractivity (Wildman–Crippen MR) is 73.6 cm³/mol. The Hall–Kier alpha value is -0.610. The zero-order valence-electron chi connectivity index (χ0n) is 12.3. The maximum absolute atomic E-state index is 11.5. The SMILES string of the molecule is CCOC(=O)C(C)CNCC1(N(C)C)CCCC1. The molecule has 1 saturated carbocycles. The molecule has 0 aromatic heterocycles. The van der Waals surface area contributed by atoms with E-state index in [2.05, 4.69) is 24.3 Å². The van der Waals surface area contributed by atoms with Crippen molar-refractivity contribution in [3.05, 3.63) is 0 Å². The van der Waals surface area contributed by atoms with E-state index in [0.717, 1.165) is 6.54 Å². The molecule has 0 saturated heterocycles. The lowest BCUT2D eigenvalue weighted by Gasteiger charge is -2.37. The molecule has 0 aromatic rings. The van der Waals surface area contributed by atoms with Gasteiger partial charge in [-0.2, -0.15) is 0 Å². The van der Waals surface area contributed by atoms with E-state index in [9.17, 15) is 4.79 Å². The Balaban J connectivity index is 2.33. The molecule has 18 heavy (non-hydrogen) atoms. The van der Waals surface area contributed by atoms with Crippen LogP contribution in [0.25, 0.3) is 0 Å². The number of ether oxygens (including phenoxy) is 1. The van der Waals surface area contributed by atoms with Crippen molar-refractivity contribution in [1.29, 1.82) is 0 Å². The second-order valence-electron chi connectivity index (χ2n) is 5.61. The molecule has 1 unspecified atom stereocenters. The summed E-state index contributed by atoms with van der Waals surface area (Å²) in [5, 5.41) is 3.45. The van der Waals surface area contributed by atoms with E-state index in [1.54, 1.807) is 0 Å². The third-order valence-corrected chi connectivity index (χ3v) is 4.08. The van der Waals surface area contributed by atoms with Gasteiger partial charge in [0.15, 0.2) is 0 Å². The van der Waals surface area contributed by atoms with E-state index >= 15 is 0 Å². The summed E-state index contributed by atoms with van der Waals surface area (Å²) in [7, 11) is 4.31. The Morgan fingerprint density at radius 1 is 1.39 bits per heavy atom. The van der Waals surface area contributed by atoms with Gasteiger partial charge >= 0.3 is 5.97 Å². The third kappa shape index (κ3) is 3.95.